The molecule has 0 radical (unpaired) electrons. The minimum Gasteiger partial charge on any atom is -0.309 e. The zero-order valence-corrected chi connectivity index (χ0v) is 14.9. The van der Waals surface area contributed by atoms with Crippen LogP contribution in [0.1, 0.15) is 31.2 Å². The lowest BCUT2D eigenvalue weighted by molar-refractivity contribution is 0.449. The van der Waals surface area contributed by atoms with Crippen LogP contribution in [0.5, 0.6) is 0 Å². The standard InChI is InChI=1S/C16H23NO4S2/c1-12-6-8-14(9-7-12)23(20,21)16-11-22(18,19)10-15(16)17-13-4-2-3-5-13/h6-9,13,15-17H,2-5,10-11H2,1H3/t15-,16-/m0/s1. The van der Waals surface area contributed by atoms with Crippen LogP contribution in [0.15, 0.2) is 29.2 Å². The van der Waals surface area contributed by atoms with Crippen LogP contribution in [0.2, 0.25) is 0 Å². The first-order valence-corrected chi connectivity index (χ1v) is 11.4. The van der Waals surface area contributed by atoms with Crippen LogP contribution < -0.4 is 5.32 Å². The summed E-state index contributed by atoms with van der Waals surface area (Å²) in [6.45, 7) is 1.89. The monoisotopic (exact) mass is 357 g/mol. The third-order valence-corrected chi connectivity index (χ3v) is 9.02. The van der Waals surface area contributed by atoms with E-state index in [9.17, 15) is 16.8 Å². The number of benzene rings is 1. The van der Waals surface area contributed by atoms with E-state index in [1.807, 2.05) is 6.92 Å². The van der Waals surface area contributed by atoms with Gasteiger partial charge in [-0.1, -0.05) is 30.5 Å². The first kappa shape index (κ1) is 16.9. The molecule has 0 spiro atoms. The highest BCUT2D eigenvalue weighted by Crippen LogP contribution is 2.28. The van der Waals surface area contributed by atoms with Crippen LogP contribution in [-0.4, -0.2) is 45.7 Å². The molecule has 0 aromatic heterocycles. The van der Waals surface area contributed by atoms with Gasteiger partial charge in [-0.15, -0.1) is 0 Å². The van der Waals surface area contributed by atoms with Crippen molar-refractivity contribution in [2.24, 2.45) is 0 Å². The van der Waals surface area contributed by atoms with Crippen molar-refractivity contribution in [1.29, 1.82) is 0 Å². The smallest absolute Gasteiger partial charge is 0.183 e. The van der Waals surface area contributed by atoms with E-state index >= 15 is 0 Å². The van der Waals surface area contributed by atoms with Gasteiger partial charge in [-0.25, -0.2) is 16.8 Å². The predicted octanol–water partition coefficient (Wildman–Crippen LogP) is 1.47. The number of hydrogen-bond donors (Lipinski definition) is 1. The van der Waals surface area contributed by atoms with Gasteiger partial charge in [0, 0.05) is 12.1 Å². The maximum Gasteiger partial charge on any atom is 0.183 e. The molecule has 2 aliphatic rings. The second kappa shape index (κ2) is 6.18. The Hall–Kier alpha value is -0.920. The van der Waals surface area contributed by atoms with Gasteiger partial charge in [-0.3, -0.25) is 0 Å². The minimum atomic E-state index is -3.66. The molecule has 23 heavy (non-hydrogen) atoms. The number of rotatable bonds is 4. The maximum atomic E-state index is 12.9. The zero-order valence-electron chi connectivity index (χ0n) is 13.2. The van der Waals surface area contributed by atoms with Crippen molar-refractivity contribution < 1.29 is 16.8 Å². The summed E-state index contributed by atoms with van der Waals surface area (Å²) < 4.78 is 49.9. The summed E-state index contributed by atoms with van der Waals surface area (Å²) in [6, 6.07) is 6.37. The molecule has 0 unspecified atom stereocenters. The van der Waals surface area contributed by atoms with Crippen molar-refractivity contribution in [2.45, 2.75) is 54.8 Å². The molecule has 2 atom stereocenters. The van der Waals surface area contributed by atoms with E-state index in [-0.39, 0.29) is 22.4 Å². The fraction of sp³-hybridized carbons (Fsp3) is 0.625. The number of hydrogen-bond acceptors (Lipinski definition) is 5. The molecule has 1 aliphatic carbocycles. The molecule has 0 bridgehead atoms. The first-order chi connectivity index (χ1) is 10.8. The Balaban J connectivity index is 1.89. The van der Waals surface area contributed by atoms with Crippen LogP contribution in [0.4, 0.5) is 0 Å². The van der Waals surface area contributed by atoms with Gasteiger partial charge >= 0.3 is 0 Å². The van der Waals surface area contributed by atoms with Gasteiger partial charge in [-0.2, -0.15) is 0 Å². The Morgan fingerprint density at radius 2 is 1.65 bits per heavy atom. The molecule has 5 nitrogen and oxygen atoms in total. The van der Waals surface area contributed by atoms with Gasteiger partial charge in [-0.05, 0) is 31.9 Å². The third-order valence-electron chi connectivity index (χ3n) is 4.85. The maximum absolute atomic E-state index is 12.9. The number of sulfone groups is 2. The first-order valence-electron chi connectivity index (χ1n) is 8.05. The largest absolute Gasteiger partial charge is 0.309 e. The fourth-order valence-corrected chi connectivity index (χ4v) is 8.25. The summed E-state index contributed by atoms with van der Waals surface area (Å²) in [5, 5.41) is 2.42. The molecular formula is C16H23NO4S2. The van der Waals surface area contributed by atoms with Crippen molar-refractivity contribution in [2.75, 3.05) is 11.5 Å². The molecule has 7 heteroatoms. The van der Waals surface area contributed by atoms with Gasteiger partial charge in [0.15, 0.2) is 19.7 Å². The predicted molar refractivity (Wildman–Crippen MR) is 90.0 cm³/mol. The van der Waals surface area contributed by atoms with E-state index in [1.54, 1.807) is 24.3 Å². The minimum absolute atomic E-state index is 0.0841. The summed E-state index contributed by atoms with van der Waals surface area (Å²) in [6.07, 6.45) is 4.22. The fourth-order valence-electron chi connectivity index (χ4n) is 3.57. The summed E-state index contributed by atoms with van der Waals surface area (Å²) in [7, 11) is -6.99. The topological polar surface area (TPSA) is 80.3 Å². The molecule has 0 amide bonds. The lowest BCUT2D eigenvalue weighted by Gasteiger charge is -2.23. The van der Waals surface area contributed by atoms with E-state index in [1.165, 1.54) is 0 Å². The van der Waals surface area contributed by atoms with Gasteiger partial charge in [0.1, 0.15) is 0 Å². The molecule has 128 valence electrons. The Morgan fingerprint density at radius 1 is 1.04 bits per heavy atom. The molecule has 1 aromatic carbocycles. The van der Waals surface area contributed by atoms with Crippen LogP contribution in [-0.2, 0) is 19.7 Å². The van der Waals surface area contributed by atoms with Crippen LogP contribution >= 0.6 is 0 Å². The quantitative estimate of drug-likeness (QED) is 0.882. The third kappa shape index (κ3) is 3.61. The molecule has 2 fully saturated rings. The Labute approximate surface area is 138 Å². The molecule has 1 saturated heterocycles. The van der Waals surface area contributed by atoms with E-state index in [0.29, 0.717) is 0 Å². The Bertz CT molecular complexity index is 763. The Morgan fingerprint density at radius 3 is 2.26 bits per heavy atom. The van der Waals surface area contributed by atoms with Crippen LogP contribution in [0.3, 0.4) is 0 Å². The van der Waals surface area contributed by atoms with Gasteiger partial charge in [0.05, 0.1) is 21.7 Å². The summed E-state index contributed by atoms with van der Waals surface area (Å²) in [4.78, 5) is 0.212. The highest BCUT2D eigenvalue weighted by atomic mass is 32.2. The molecule has 1 saturated carbocycles. The lowest BCUT2D eigenvalue weighted by atomic mass is 10.2. The van der Waals surface area contributed by atoms with Crippen molar-refractivity contribution in [3.63, 3.8) is 0 Å². The lowest BCUT2D eigenvalue weighted by Crippen LogP contribution is -2.47. The normalized spacial score (nSPS) is 28.2. The average Bonchev–Trinajstić information content (AvgIpc) is 3.07. The molecular weight excluding hydrogens is 334 g/mol. The number of nitrogens with one attached hydrogen (secondary N) is 1. The highest BCUT2D eigenvalue weighted by molar-refractivity contribution is 7.96. The Kier molecular flexibility index (Phi) is 4.55. The van der Waals surface area contributed by atoms with Gasteiger partial charge in [0.25, 0.3) is 0 Å². The van der Waals surface area contributed by atoms with E-state index in [0.717, 1.165) is 31.2 Å². The second-order valence-corrected chi connectivity index (χ2v) is 11.0. The van der Waals surface area contributed by atoms with E-state index < -0.39 is 31.0 Å². The summed E-state index contributed by atoms with van der Waals surface area (Å²) >= 11 is 0. The van der Waals surface area contributed by atoms with Crippen molar-refractivity contribution in [3.05, 3.63) is 29.8 Å². The zero-order chi connectivity index (χ0) is 16.7. The second-order valence-electron chi connectivity index (χ2n) is 6.73. The highest BCUT2D eigenvalue weighted by Gasteiger charge is 2.46. The summed E-state index contributed by atoms with van der Waals surface area (Å²) in [5.41, 5.74) is 0.976. The van der Waals surface area contributed by atoms with Gasteiger partial charge < -0.3 is 5.32 Å². The van der Waals surface area contributed by atoms with Crippen LogP contribution in [0.25, 0.3) is 0 Å². The molecule has 1 heterocycles. The molecule has 1 aromatic rings. The average molecular weight is 357 g/mol. The van der Waals surface area contributed by atoms with Crippen molar-refractivity contribution in [1.82, 2.24) is 5.32 Å². The van der Waals surface area contributed by atoms with Crippen molar-refractivity contribution >= 4 is 19.7 Å². The summed E-state index contributed by atoms with van der Waals surface area (Å²) in [5.74, 6) is -0.368. The van der Waals surface area contributed by atoms with Crippen LogP contribution in [0, 0.1) is 6.92 Å². The SMILES string of the molecule is Cc1ccc(S(=O)(=O)[C@H]2CS(=O)(=O)C[C@@H]2NC2CCCC2)cc1. The van der Waals surface area contributed by atoms with Crippen molar-refractivity contribution in [3.8, 4) is 0 Å². The van der Waals surface area contributed by atoms with E-state index in [4.69, 9.17) is 0 Å². The number of aryl methyl sites for hydroxylation is 1. The molecule has 3 rings (SSSR count). The van der Waals surface area contributed by atoms with Gasteiger partial charge in [0.2, 0.25) is 0 Å². The molecule has 1 N–H and O–H groups in total. The van der Waals surface area contributed by atoms with E-state index in [2.05, 4.69) is 5.32 Å². The molecule has 1 aliphatic heterocycles.